The van der Waals surface area contributed by atoms with Crippen LogP contribution in [-0.2, 0) is 9.53 Å². The van der Waals surface area contributed by atoms with Crippen molar-refractivity contribution < 1.29 is 9.53 Å². The Hall–Kier alpha value is -1.83. The predicted molar refractivity (Wildman–Crippen MR) is 91.5 cm³/mol. The zero-order valence-electron chi connectivity index (χ0n) is 13.9. The van der Waals surface area contributed by atoms with Gasteiger partial charge < -0.3 is 4.74 Å². The van der Waals surface area contributed by atoms with Gasteiger partial charge in [0.05, 0.1) is 0 Å². The minimum atomic E-state index is -0.152. The first-order valence-corrected chi connectivity index (χ1v) is 8.05. The van der Waals surface area contributed by atoms with E-state index in [9.17, 15) is 4.79 Å². The van der Waals surface area contributed by atoms with E-state index in [0.29, 0.717) is 0 Å². The second kappa shape index (κ2) is 7.44. The summed E-state index contributed by atoms with van der Waals surface area (Å²) < 4.78 is 5.46. The minimum absolute atomic E-state index is 0.0874. The molecular formula is C20H26O2. The van der Waals surface area contributed by atoms with E-state index < -0.39 is 0 Å². The Morgan fingerprint density at radius 1 is 1.18 bits per heavy atom. The maximum Gasteiger partial charge on any atom is 0.334 e. The first kappa shape index (κ1) is 16.5. The van der Waals surface area contributed by atoms with Gasteiger partial charge >= 0.3 is 5.97 Å². The molecule has 2 bridgehead atoms. The largest absolute Gasteiger partial charge is 0.454 e. The molecule has 2 rings (SSSR count). The van der Waals surface area contributed by atoms with Gasteiger partial charge in [0.25, 0.3) is 0 Å². The Morgan fingerprint density at radius 3 is 2.68 bits per heavy atom. The molecule has 0 N–H and O–H groups in total. The SMILES string of the molecule is C=C(C)/C1=C/C=C(/C)CC/C=C(/C)C[C@@H]2C=C(CC1)C(=O)O2. The highest BCUT2D eigenvalue weighted by Crippen LogP contribution is 2.26. The number of ether oxygens (including phenoxy) is 1. The van der Waals surface area contributed by atoms with Gasteiger partial charge in [-0.2, -0.15) is 0 Å². The van der Waals surface area contributed by atoms with Gasteiger partial charge in [0, 0.05) is 12.0 Å². The van der Waals surface area contributed by atoms with E-state index in [2.05, 4.69) is 38.7 Å². The summed E-state index contributed by atoms with van der Waals surface area (Å²) in [7, 11) is 0. The minimum Gasteiger partial charge on any atom is -0.454 e. The van der Waals surface area contributed by atoms with Gasteiger partial charge in [-0.3, -0.25) is 0 Å². The first-order chi connectivity index (χ1) is 10.5. The smallest absolute Gasteiger partial charge is 0.334 e. The molecule has 0 spiro atoms. The summed E-state index contributed by atoms with van der Waals surface area (Å²) >= 11 is 0. The van der Waals surface area contributed by atoms with Crippen molar-refractivity contribution in [3.8, 4) is 0 Å². The van der Waals surface area contributed by atoms with Crippen LogP contribution in [0.15, 0.2) is 58.7 Å². The zero-order valence-corrected chi connectivity index (χ0v) is 13.9. The normalized spacial score (nSPS) is 30.7. The van der Waals surface area contributed by atoms with Crippen molar-refractivity contribution in [3.05, 3.63) is 58.7 Å². The van der Waals surface area contributed by atoms with Crippen LogP contribution >= 0.6 is 0 Å². The lowest BCUT2D eigenvalue weighted by atomic mass is 9.97. The maximum absolute atomic E-state index is 12.0. The first-order valence-electron chi connectivity index (χ1n) is 8.05. The summed E-state index contributed by atoms with van der Waals surface area (Å²) in [5.41, 5.74) is 5.74. The third-order valence-corrected chi connectivity index (χ3v) is 4.24. The molecule has 2 heteroatoms. The highest BCUT2D eigenvalue weighted by atomic mass is 16.5. The second-order valence-corrected chi connectivity index (χ2v) is 6.41. The van der Waals surface area contributed by atoms with E-state index in [1.54, 1.807) is 0 Å². The molecule has 0 amide bonds. The monoisotopic (exact) mass is 298 g/mol. The third kappa shape index (κ3) is 4.59. The number of esters is 1. The van der Waals surface area contributed by atoms with E-state index >= 15 is 0 Å². The van der Waals surface area contributed by atoms with Crippen LogP contribution in [0, 0.1) is 0 Å². The number of fused-ring (bicyclic) bond motifs is 1. The predicted octanol–water partition coefficient (Wildman–Crippen LogP) is 5.20. The number of hydrogen-bond acceptors (Lipinski definition) is 2. The molecule has 0 saturated heterocycles. The molecular weight excluding hydrogens is 272 g/mol. The van der Waals surface area contributed by atoms with Crippen LogP contribution in [0.2, 0.25) is 0 Å². The fourth-order valence-corrected chi connectivity index (χ4v) is 2.81. The van der Waals surface area contributed by atoms with Gasteiger partial charge in [-0.25, -0.2) is 4.79 Å². The lowest BCUT2D eigenvalue weighted by Gasteiger charge is -2.08. The molecule has 1 heterocycles. The molecule has 0 radical (unpaired) electrons. The fraction of sp³-hybridized carbons (Fsp3) is 0.450. The van der Waals surface area contributed by atoms with Crippen LogP contribution in [0.25, 0.3) is 0 Å². The van der Waals surface area contributed by atoms with Crippen LogP contribution in [-0.4, -0.2) is 12.1 Å². The van der Waals surface area contributed by atoms with Crippen molar-refractivity contribution in [3.63, 3.8) is 0 Å². The Balaban J connectivity index is 2.25. The lowest BCUT2D eigenvalue weighted by molar-refractivity contribution is -0.139. The number of carbonyl (C=O) groups is 1. The van der Waals surface area contributed by atoms with Crippen molar-refractivity contribution >= 4 is 5.97 Å². The van der Waals surface area contributed by atoms with E-state index in [1.165, 1.54) is 16.7 Å². The second-order valence-electron chi connectivity index (χ2n) is 6.41. The molecule has 2 nitrogen and oxygen atoms in total. The lowest BCUT2D eigenvalue weighted by Crippen LogP contribution is -2.08. The van der Waals surface area contributed by atoms with Crippen molar-refractivity contribution in [1.82, 2.24) is 0 Å². The Labute approximate surface area is 133 Å². The van der Waals surface area contributed by atoms with E-state index in [0.717, 1.165) is 43.3 Å². The Kier molecular flexibility index (Phi) is 5.59. The average Bonchev–Trinajstić information content (AvgIpc) is 2.77. The van der Waals surface area contributed by atoms with Crippen LogP contribution in [0.4, 0.5) is 0 Å². The van der Waals surface area contributed by atoms with Gasteiger partial charge in [-0.05, 0) is 58.1 Å². The van der Waals surface area contributed by atoms with Crippen LogP contribution in [0.5, 0.6) is 0 Å². The summed E-state index contributed by atoms with van der Waals surface area (Å²) in [6.07, 6.45) is 13.0. The standard InChI is InChI=1S/C20H26O2/c1-14(2)17-9-8-15(3)6-5-7-16(4)12-19-13-18(11-10-17)20(21)22-19/h7-9,13,19H,1,5-6,10-12H2,2-4H3/b15-8-,16-7-,17-9+/t19-/m1/s1. The van der Waals surface area contributed by atoms with Crippen molar-refractivity contribution in [1.29, 1.82) is 0 Å². The quantitative estimate of drug-likeness (QED) is 0.491. The molecule has 0 fully saturated rings. The molecule has 1 aliphatic heterocycles. The van der Waals surface area contributed by atoms with Gasteiger partial charge in [-0.1, -0.05) is 41.5 Å². The van der Waals surface area contributed by atoms with E-state index in [1.807, 2.05) is 13.0 Å². The van der Waals surface area contributed by atoms with Crippen LogP contribution in [0.1, 0.15) is 52.9 Å². The highest BCUT2D eigenvalue weighted by Gasteiger charge is 2.25. The molecule has 0 aromatic heterocycles. The van der Waals surface area contributed by atoms with Gasteiger partial charge in [0.1, 0.15) is 6.10 Å². The van der Waals surface area contributed by atoms with Gasteiger partial charge in [-0.15, -0.1) is 0 Å². The number of hydrogen-bond donors (Lipinski definition) is 0. The highest BCUT2D eigenvalue weighted by molar-refractivity contribution is 5.91. The summed E-state index contributed by atoms with van der Waals surface area (Å²) in [6, 6.07) is 0. The average molecular weight is 298 g/mol. The maximum atomic E-state index is 12.0. The van der Waals surface area contributed by atoms with Crippen molar-refractivity contribution in [2.45, 2.75) is 59.0 Å². The molecule has 0 unspecified atom stereocenters. The summed E-state index contributed by atoms with van der Waals surface area (Å²) in [6.45, 7) is 10.4. The third-order valence-electron chi connectivity index (χ3n) is 4.24. The Bertz CT molecular complexity index is 585. The number of carbonyl (C=O) groups excluding carboxylic acids is 1. The topological polar surface area (TPSA) is 26.3 Å². The zero-order chi connectivity index (χ0) is 16.1. The number of allylic oxidation sites excluding steroid dienone is 6. The number of rotatable bonds is 1. The van der Waals surface area contributed by atoms with Gasteiger partial charge in [0.15, 0.2) is 0 Å². The molecule has 0 saturated carbocycles. The van der Waals surface area contributed by atoms with Gasteiger partial charge in [0.2, 0.25) is 0 Å². The molecule has 1 atom stereocenters. The molecule has 22 heavy (non-hydrogen) atoms. The molecule has 118 valence electrons. The molecule has 2 aliphatic rings. The molecule has 0 aromatic carbocycles. The van der Waals surface area contributed by atoms with E-state index in [4.69, 9.17) is 4.74 Å². The van der Waals surface area contributed by atoms with Crippen LogP contribution < -0.4 is 0 Å². The summed E-state index contributed by atoms with van der Waals surface area (Å²) in [5.74, 6) is -0.152. The van der Waals surface area contributed by atoms with Crippen molar-refractivity contribution in [2.24, 2.45) is 0 Å². The Morgan fingerprint density at radius 2 is 1.95 bits per heavy atom. The van der Waals surface area contributed by atoms with Crippen molar-refractivity contribution in [2.75, 3.05) is 0 Å². The summed E-state index contributed by atoms with van der Waals surface area (Å²) in [4.78, 5) is 12.0. The fourth-order valence-electron chi connectivity index (χ4n) is 2.81. The molecule has 0 aromatic rings. The molecule has 1 aliphatic carbocycles. The van der Waals surface area contributed by atoms with Crippen LogP contribution in [0.3, 0.4) is 0 Å². The van der Waals surface area contributed by atoms with E-state index in [-0.39, 0.29) is 12.1 Å². The summed E-state index contributed by atoms with van der Waals surface area (Å²) in [5, 5.41) is 0.